The van der Waals surface area contributed by atoms with Crippen LogP contribution in [0.5, 0.6) is 0 Å². The molecular formula is C13H18ClFO2. The van der Waals surface area contributed by atoms with E-state index in [1.54, 1.807) is 0 Å². The van der Waals surface area contributed by atoms with Gasteiger partial charge >= 0.3 is 0 Å². The zero-order valence-electron chi connectivity index (χ0n) is 10.0. The fourth-order valence-electron chi connectivity index (χ4n) is 1.95. The Labute approximate surface area is 106 Å². The van der Waals surface area contributed by atoms with Crippen molar-refractivity contribution in [1.82, 2.24) is 0 Å². The first-order valence-electron chi connectivity index (χ1n) is 5.82. The first-order valence-corrected chi connectivity index (χ1v) is 6.20. The highest BCUT2D eigenvalue weighted by molar-refractivity contribution is 6.31. The summed E-state index contributed by atoms with van der Waals surface area (Å²) in [6.07, 6.45) is -0.573. The van der Waals surface area contributed by atoms with Gasteiger partial charge in [0.25, 0.3) is 0 Å². The predicted molar refractivity (Wildman–Crippen MR) is 66.4 cm³/mol. The van der Waals surface area contributed by atoms with E-state index in [-0.39, 0.29) is 16.5 Å². The number of hydrogen-bond donors (Lipinski definition) is 2. The molecule has 0 aromatic heterocycles. The maximum absolute atomic E-state index is 13.1. The maximum atomic E-state index is 13.1. The number of hydrogen-bond acceptors (Lipinski definition) is 2. The molecule has 2 N–H and O–H groups in total. The molecule has 0 aliphatic heterocycles. The summed E-state index contributed by atoms with van der Waals surface area (Å²) >= 11 is 5.89. The van der Waals surface area contributed by atoms with Gasteiger partial charge in [-0.2, -0.15) is 0 Å². The van der Waals surface area contributed by atoms with Gasteiger partial charge in [0, 0.05) is 10.6 Å². The molecule has 0 saturated heterocycles. The number of rotatable bonds is 5. The third kappa shape index (κ3) is 3.41. The molecule has 2 unspecified atom stereocenters. The Morgan fingerprint density at radius 2 is 1.82 bits per heavy atom. The van der Waals surface area contributed by atoms with E-state index >= 15 is 0 Å². The zero-order valence-corrected chi connectivity index (χ0v) is 10.8. The lowest BCUT2D eigenvalue weighted by Crippen LogP contribution is -2.27. The van der Waals surface area contributed by atoms with E-state index in [2.05, 4.69) is 0 Å². The molecule has 0 heterocycles. The molecule has 0 radical (unpaired) electrons. The second kappa shape index (κ2) is 6.34. The van der Waals surface area contributed by atoms with Crippen LogP contribution >= 0.6 is 11.6 Å². The third-order valence-corrected chi connectivity index (χ3v) is 3.48. The van der Waals surface area contributed by atoms with E-state index in [1.807, 2.05) is 13.8 Å². The van der Waals surface area contributed by atoms with E-state index in [0.29, 0.717) is 0 Å². The SMILES string of the molecule is CCC(CC)C(O)C(O)c1cc(F)ccc1Cl. The molecule has 0 aliphatic carbocycles. The summed E-state index contributed by atoms with van der Waals surface area (Å²) < 4.78 is 13.1. The summed E-state index contributed by atoms with van der Waals surface area (Å²) in [6.45, 7) is 3.88. The van der Waals surface area contributed by atoms with Gasteiger partial charge in [-0.25, -0.2) is 4.39 Å². The minimum absolute atomic E-state index is 0.0238. The molecular weight excluding hydrogens is 243 g/mol. The van der Waals surface area contributed by atoms with Crippen molar-refractivity contribution < 1.29 is 14.6 Å². The Morgan fingerprint density at radius 1 is 1.24 bits per heavy atom. The molecule has 0 amide bonds. The van der Waals surface area contributed by atoms with Crippen LogP contribution in [0.4, 0.5) is 4.39 Å². The Kier molecular flexibility index (Phi) is 5.37. The van der Waals surface area contributed by atoms with Crippen LogP contribution in [-0.2, 0) is 0 Å². The fourth-order valence-corrected chi connectivity index (χ4v) is 2.18. The van der Waals surface area contributed by atoms with Crippen molar-refractivity contribution in [3.05, 3.63) is 34.6 Å². The highest BCUT2D eigenvalue weighted by Crippen LogP contribution is 2.30. The largest absolute Gasteiger partial charge is 0.390 e. The van der Waals surface area contributed by atoms with Crippen LogP contribution in [0.2, 0.25) is 5.02 Å². The fraction of sp³-hybridized carbons (Fsp3) is 0.538. The quantitative estimate of drug-likeness (QED) is 0.853. The monoisotopic (exact) mass is 260 g/mol. The molecule has 2 nitrogen and oxygen atoms in total. The molecule has 1 aromatic rings. The molecule has 0 saturated carbocycles. The standard InChI is InChI=1S/C13H18ClFO2/c1-3-8(4-2)12(16)13(17)10-7-9(15)5-6-11(10)14/h5-8,12-13,16-17H,3-4H2,1-2H3. The molecule has 1 aromatic carbocycles. The van der Waals surface area contributed by atoms with Gasteiger partial charge in [-0.1, -0.05) is 38.3 Å². The number of benzene rings is 1. The summed E-state index contributed by atoms with van der Waals surface area (Å²) in [7, 11) is 0. The van der Waals surface area contributed by atoms with Gasteiger partial charge in [-0.15, -0.1) is 0 Å². The average molecular weight is 261 g/mol. The van der Waals surface area contributed by atoms with Crippen LogP contribution in [-0.4, -0.2) is 16.3 Å². The number of aliphatic hydroxyl groups is 2. The van der Waals surface area contributed by atoms with Crippen molar-refractivity contribution in [1.29, 1.82) is 0 Å². The number of halogens is 2. The van der Waals surface area contributed by atoms with Crippen LogP contribution in [0.1, 0.15) is 38.4 Å². The van der Waals surface area contributed by atoms with Crippen LogP contribution < -0.4 is 0 Å². The summed E-state index contributed by atoms with van der Waals surface area (Å²) in [5, 5.41) is 20.3. The second-order valence-electron chi connectivity index (χ2n) is 4.18. The molecule has 17 heavy (non-hydrogen) atoms. The lowest BCUT2D eigenvalue weighted by molar-refractivity contribution is -0.0210. The van der Waals surface area contributed by atoms with Gasteiger partial charge in [-0.05, 0) is 24.1 Å². The van der Waals surface area contributed by atoms with Crippen molar-refractivity contribution >= 4 is 11.6 Å². The van der Waals surface area contributed by atoms with Crippen molar-refractivity contribution in [3.63, 3.8) is 0 Å². The van der Waals surface area contributed by atoms with Crippen LogP contribution in [0.3, 0.4) is 0 Å². The Bertz CT molecular complexity index is 366. The number of aliphatic hydroxyl groups excluding tert-OH is 2. The Balaban J connectivity index is 2.94. The van der Waals surface area contributed by atoms with E-state index in [1.165, 1.54) is 18.2 Å². The van der Waals surface area contributed by atoms with E-state index in [9.17, 15) is 14.6 Å². The Morgan fingerprint density at radius 3 is 2.35 bits per heavy atom. The van der Waals surface area contributed by atoms with Crippen molar-refractivity contribution in [2.45, 2.75) is 38.9 Å². The normalized spacial score (nSPS) is 15.0. The summed E-state index contributed by atoms with van der Waals surface area (Å²) in [5.74, 6) is -0.496. The van der Waals surface area contributed by atoms with Crippen molar-refractivity contribution in [2.75, 3.05) is 0 Å². The topological polar surface area (TPSA) is 40.5 Å². The van der Waals surface area contributed by atoms with Gasteiger partial charge in [0.05, 0.1) is 6.10 Å². The maximum Gasteiger partial charge on any atom is 0.123 e. The lowest BCUT2D eigenvalue weighted by atomic mass is 9.89. The minimum Gasteiger partial charge on any atom is -0.390 e. The molecule has 4 heteroatoms. The minimum atomic E-state index is -1.15. The lowest BCUT2D eigenvalue weighted by Gasteiger charge is -2.25. The zero-order chi connectivity index (χ0) is 13.0. The first-order chi connectivity index (χ1) is 8.01. The van der Waals surface area contributed by atoms with Gasteiger partial charge in [0.15, 0.2) is 0 Å². The van der Waals surface area contributed by atoms with Gasteiger partial charge in [0.2, 0.25) is 0 Å². The van der Waals surface area contributed by atoms with Crippen LogP contribution in [0.25, 0.3) is 0 Å². The Hall–Kier alpha value is -0.640. The van der Waals surface area contributed by atoms with Gasteiger partial charge < -0.3 is 10.2 Å². The molecule has 0 aliphatic rings. The van der Waals surface area contributed by atoms with Crippen molar-refractivity contribution in [3.8, 4) is 0 Å². The molecule has 0 fully saturated rings. The van der Waals surface area contributed by atoms with E-state index in [4.69, 9.17) is 11.6 Å². The van der Waals surface area contributed by atoms with Crippen LogP contribution in [0, 0.1) is 11.7 Å². The van der Waals surface area contributed by atoms with Gasteiger partial charge in [0.1, 0.15) is 11.9 Å². The average Bonchev–Trinajstić information content (AvgIpc) is 2.32. The smallest absolute Gasteiger partial charge is 0.123 e. The molecule has 0 bridgehead atoms. The van der Waals surface area contributed by atoms with E-state index < -0.39 is 18.0 Å². The van der Waals surface area contributed by atoms with Crippen molar-refractivity contribution in [2.24, 2.45) is 5.92 Å². The summed E-state index contributed by atoms with van der Waals surface area (Å²) in [6, 6.07) is 3.77. The third-order valence-electron chi connectivity index (χ3n) is 3.13. The van der Waals surface area contributed by atoms with Gasteiger partial charge in [-0.3, -0.25) is 0 Å². The second-order valence-corrected chi connectivity index (χ2v) is 4.59. The van der Waals surface area contributed by atoms with E-state index in [0.717, 1.165) is 12.8 Å². The highest BCUT2D eigenvalue weighted by atomic mass is 35.5. The first kappa shape index (κ1) is 14.4. The molecule has 2 atom stereocenters. The van der Waals surface area contributed by atoms with Crippen LogP contribution in [0.15, 0.2) is 18.2 Å². The molecule has 1 rings (SSSR count). The molecule has 96 valence electrons. The summed E-state index contributed by atoms with van der Waals surface area (Å²) in [5.41, 5.74) is 0.242. The highest BCUT2D eigenvalue weighted by Gasteiger charge is 2.26. The molecule has 0 spiro atoms. The summed E-state index contributed by atoms with van der Waals surface area (Å²) in [4.78, 5) is 0. The predicted octanol–water partition coefficient (Wildman–Crippen LogP) is 3.31.